The van der Waals surface area contributed by atoms with E-state index >= 15 is 0 Å². The number of carbonyl (C=O) groups is 2. The Hall–Kier alpha value is -2.97. The number of aromatic nitrogens is 2. The van der Waals surface area contributed by atoms with E-state index in [2.05, 4.69) is 33.0 Å². The molecule has 2 heterocycles. The van der Waals surface area contributed by atoms with Crippen LogP contribution in [0.1, 0.15) is 39.1 Å². The molecular weight excluding hydrogens is 446 g/mol. The van der Waals surface area contributed by atoms with E-state index in [9.17, 15) is 9.59 Å². The van der Waals surface area contributed by atoms with Gasteiger partial charge >= 0.3 is 6.03 Å². The van der Waals surface area contributed by atoms with Gasteiger partial charge in [0.2, 0.25) is 5.01 Å². The summed E-state index contributed by atoms with van der Waals surface area (Å²) in [5.74, 6) is -0.0974. The van der Waals surface area contributed by atoms with E-state index in [0.29, 0.717) is 35.4 Å². The van der Waals surface area contributed by atoms with E-state index in [-0.39, 0.29) is 17.9 Å². The summed E-state index contributed by atoms with van der Waals surface area (Å²) in [6.45, 7) is 1.93. The summed E-state index contributed by atoms with van der Waals surface area (Å²) in [4.78, 5) is 26.8. The lowest BCUT2D eigenvalue weighted by Gasteiger charge is -2.31. The molecule has 1 aliphatic heterocycles. The van der Waals surface area contributed by atoms with Crippen molar-refractivity contribution < 1.29 is 9.59 Å². The molecule has 0 atom stereocenters. The van der Waals surface area contributed by atoms with Crippen molar-refractivity contribution in [3.63, 3.8) is 0 Å². The van der Waals surface area contributed by atoms with Gasteiger partial charge in [0.1, 0.15) is 5.01 Å². The minimum Gasteiger partial charge on any atom is -0.338 e. The highest BCUT2D eigenvalue weighted by Gasteiger charge is 2.27. The van der Waals surface area contributed by atoms with E-state index in [1.807, 2.05) is 23.1 Å². The molecule has 2 N–H and O–H groups in total. The van der Waals surface area contributed by atoms with Gasteiger partial charge in [0, 0.05) is 36.3 Å². The fourth-order valence-corrected chi connectivity index (χ4v) is 4.74. The van der Waals surface area contributed by atoms with Crippen LogP contribution in [0.15, 0.2) is 54.6 Å². The van der Waals surface area contributed by atoms with Crippen LogP contribution in [0.3, 0.4) is 0 Å². The maximum atomic E-state index is 12.5. The molecule has 0 bridgehead atoms. The van der Waals surface area contributed by atoms with Gasteiger partial charge in [-0.05, 0) is 43.0 Å². The summed E-state index contributed by atoms with van der Waals surface area (Å²) >= 11 is 7.27. The highest BCUT2D eigenvalue weighted by atomic mass is 35.5. The number of hydrogen-bond acceptors (Lipinski definition) is 5. The Morgan fingerprint density at radius 2 is 1.84 bits per heavy atom. The van der Waals surface area contributed by atoms with E-state index in [0.717, 1.165) is 24.3 Å². The number of halogens is 1. The van der Waals surface area contributed by atoms with Gasteiger partial charge in [0.15, 0.2) is 0 Å². The molecule has 166 valence electrons. The lowest BCUT2D eigenvalue weighted by Crippen LogP contribution is -2.44. The molecule has 3 amide bonds. The first-order valence-electron chi connectivity index (χ1n) is 10.6. The van der Waals surface area contributed by atoms with Gasteiger partial charge in [-0.3, -0.25) is 4.79 Å². The molecule has 1 fully saturated rings. The normalized spacial score (nSPS) is 14.2. The predicted molar refractivity (Wildman–Crippen MR) is 126 cm³/mol. The Labute approximate surface area is 195 Å². The minimum atomic E-state index is -0.300. The quantitative estimate of drug-likeness (QED) is 0.553. The predicted octanol–water partition coefficient (Wildman–Crippen LogP) is 4.58. The summed E-state index contributed by atoms with van der Waals surface area (Å²) in [5.41, 5.74) is 1.82. The third-order valence-electron chi connectivity index (χ3n) is 5.38. The molecule has 0 saturated carbocycles. The van der Waals surface area contributed by atoms with Crippen LogP contribution in [-0.4, -0.2) is 46.7 Å². The second-order valence-electron chi connectivity index (χ2n) is 7.64. The lowest BCUT2D eigenvalue weighted by atomic mass is 9.98. The number of piperidine rings is 1. The Balaban J connectivity index is 1.24. The summed E-state index contributed by atoms with van der Waals surface area (Å²) < 4.78 is 0. The monoisotopic (exact) mass is 469 g/mol. The van der Waals surface area contributed by atoms with Crippen molar-refractivity contribution in [3.05, 3.63) is 75.2 Å². The Morgan fingerprint density at radius 3 is 2.59 bits per heavy atom. The van der Waals surface area contributed by atoms with Crippen molar-refractivity contribution in [3.8, 4) is 0 Å². The summed E-state index contributed by atoms with van der Waals surface area (Å²) in [7, 11) is 0. The molecule has 2 aromatic carbocycles. The van der Waals surface area contributed by atoms with Crippen molar-refractivity contribution in [1.29, 1.82) is 0 Å². The molecule has 32 heavy (non-hydrogen) atoms. The highest BCUT2D eigenvalue weighted by molar-refractivity contribution is 7.13. The number of nitrogens with zero attached hydrogens (tertiary/aromatic N) is 3. The van der Waals surface area contributed by atoms with Gasteiger partial charge in [0.05, 0.1) is 0 Å². The van der Waals surface area contributed by atoms with Crippen LogP contribution in [0.25, 0.3) is 0 Å². The van der Waals surface area contributed by atoms with Gasteiger partial charge in [-0.2, -0.15) is 0 Å². The van der Waals surface area contributed by atoms with Gasteiger partial charge in [-0.25, -0.2) is 4.79 Å². The maximum Gasteiger partial charge on any atom is 0.317 e. The third-order valence-corrected chi connectivity index (χ3v) is 6.70. The number of carbonyl (C=O) groups excluding carboxylic acids is 2. The summed E-state index contributed by atoms with van der Waals surface area (Å²) in [5, 5.41) is 15.8. The van der Waals surface area contributed by atoms with Gasteiger partial charge in [0.25, 0.3) is 5.91 Å². The fourth-order valence-electron chi connectivity index (χ4n) is 3.64. The van der Waals surface area contributed by atoms with Crippen LogP contribution < -0.4 is 10.6 Å². The number of amides is 3. The molecule has 0 aliphatic carbocycles. The fraction of sp³-hybridized carbons (Fsp3) is 0.304. The van der Waals surface area contributed by atoms with E-state index in [1.165, 1.54) is 16.9 Å². The Bertz CT molecular complexity index is 1070. The van der Waals surface area contributed by atoms with Crippen LogP contribution in [0.2, 0.25) is 5.02 Å². The molecule has 1 aromatic heterocycles. The molecule has 7 nitrogen and oxygen atoms in total. The average Bonchev–Trinajstić information content (AvgIpc) is 3.30. The smallest absolute Gasteiger partial charge is 0.317 e. The zero-order valence-corrected chi connectivity index (χ0v) is 19.0. The number of urea groups is 1. The van der Waals surface area contributed by atoms with Crippen molar-refractivity contribution >= 4 is 40.6 Å². The topological polar surface area (TPSA) is 87.2 Å². The summed E-state index contributed by atoms with van der Waals surface area (Å²) in [6, 6.07) is 17.0. The molecule has 1 aliphatic rings. The summed E-state index contributed by atoms with van der Waals surface area (Å²) in [6.07, 6.45) is 2.42. The van der Waals surface area contributed by atoms with E-state index in [1.54, 1.807) is 24.3 Å². The molecule has 0 radical (unpaired) electrons. The van der Waals surface area contributed by atoms with E-state index in [4.69, 9.17) is 11.6 Å². The first kappa shape index (κ1) is 22.2. The van der Waals surface area contributed by atoms with Crippen molar-refractivity contribution in [2.75, 3.05) is 25.0 Å². The number of hydrogen-bond donors (Lipinski definition) is 2. The highest BCUT2D eigenvalue weighted by Crippen LogP contribution is 2.30. The molecule has 3 aromatic rings. The molecular formula is C23H24ClN5O2S. The SMILES string of the molecule is O=C(Nc1cccc(Cl)c1)c1nnc(C2CCN(C(=O)NCCc3ccccc3)CC2)s1. The number of benzene rings is 2. The van der Waals surface area contributed by atoms with E-state index < -0.39 is 0 Å². The Morgan fingerprint density at radius 1 is 1.06 bits per heavy atom. The molecule has 9 heteroatoms. The zero-order valence-electron chi connectivity index (χ0n) is 17.5. The second kappa shape index (κ2) is 10.6. The van der Waals surface area contributed by atoms with Crippen molar-refractivity contribution in [2.24, 2.45) is 0 Å². The van der Waals surface area contributed by atoms with Gasteiger partial charge in [-0.15, -0.1) is 10.2 Å². The lowest BCUT2D eigenvalue weighted by molar-refractivity contribution is 0.102. The van der Waals surface area contributed by atoms with Crippen LogP contribution >= 0.6 is 22.9 Å². The molecule has 0 spiro atoms. The molecule has 1 saturated heterocycles. The first-order valence-corrected chi connectivity index (χ1v) is 11.7. The van der Waals surface area contributed by atoms with Gasteiger partial charge < -0.3 is 15.5 Å². The average molecular weight is 470 g/mol. The van der Waals surface area contributed by atoms with Gasteiger partial charge in [-0.1, -0.05) is 59.3 Å². The Kier molecular flexibility index (Phi) is 7.34. The minimum absolute atomic E-state index is 0.0294. The zero-order chi connectivity index (χ0) is 22.3. The number of likely N-dealkylation sites (tertiary alicyclic amines) is 1. The van der Waals surface area contributed by atoms with Crippen LogP contribution in [0.4, 0.5) is 10.5 Å². The number of anilines is 1. The number of nitrogens with one attached hydrogen (secondary N) is 2. The standard InChI is InChI=1S/C23H24ClN5O2S/c24-18-7-4-8-19(15-18)26-20(30)22-28-27-21(32-22)17-10-13-29(14-11-17)23(31)25-12-9-16-5-2-1-3-6-16/h1-8,15,17H,9-14H2,(H,25,31)(H,26,30). The molecule has 4 rings (SSSR count). The van der Waals surface area contributed by atoms with Crippen LogP contribution in [0.5, 0.6) is 0 Å². The maximum absolute atomic E-state index is 12.5. The van der Waals surface area contributed by atoms with Crippen molar-refractivity contribution in [2.45, 2.75) is 25.2 Å². The number of rotatable bonds is 6. The van der Waals surface area contributed by atoms with Crippen molar-refractivity contribution in [1.82, 2.24) is 20.4 Å². The molecule has 0 unspecified atom stereocenters. The van der Waals surface area contributed by atoms with Crippen LogP contribution in [-0.2, 0) is 6.42 Å². The largest absolute Gasteiger partial charge is 0.338 e. The second-order valence-corrected chi connectivity index (χ2v) is 9.08. The first-order chi connectivity index (χ1) is 15.6. The van der Waals surface area contributed by atoms with Crippen LogP contribution in [0, 0.1) is 0 Å². The third kappa shape index (κ3) is 5.83.